The second-order valence-corrected chi connectivity index (χ2v) is 6.06. The van der Waals surface area contributed by atoms with E-state index in [1.54, 1.807) is 12.1 Å². The van der Waals surface area contributed by atoms with Crippen molar-refractivity contribution in [2.24, 2.45) is 5.10 Å². The molecule has 0 aliphatic carbocycles. The van der Waals surface area contributed by atoms with E-state index >= 15 is 0 Å². The lowest BCUT2D eigenvalue weighted by Gasteiger charge is -2.14. The number of nitrogens with zero attached hydrogens (tertiary/aromatic N) is 6. The minimum absolute atomic E-state index is 0.0114. The van der Waals surface area contributed by atoms with Crippen LogP contribution in [0.25, 0.3) is 11.4 Å². The number of halogens is 1. The Balaban J connectivity index is 1.76. The summed E-state index contributed by atoms with van der Waals surface area (Å²) >= 11 is 1.41. The zero-order valence-corrected chi connectivity index (χ0v) is 13.4. The third kappa shape index (κ3) is 2.76. The van der Waals surface area contributed by atoms with Gasteiger partial charge < -0.3 is 0 Å². The van der Waals surface area contributed by atoms with Crippen LogP contribution in [0, 0.1) is 15.9 Å². The van der Waals surface area contributed by atoms with Crippen LogP contribution in [0.15, 0.2) is 53.0 Å². The van der Waals surface area contributed by atoms with Gasteiger partial charge in [-0.15, -0.1) is 10.2 Å². The molecule has 0 amide bonds. The lowest BCUT2D eigenvalue weighted by atomic mass is 10.1. The predicted molar refractivity (Wildman–Crippen MR) is 89.0 cm³/mol. The number of thioether (sulfide) groups is 1. The van der Waals surface area contributed by atoms with Crippen molar-refractivity contribution in [1.29, 1.82) is 0 Å². The number of fused-ring (bicyclic) bond motifs is 1. The van der Waals surface area contributed by atoms with E-state index in [0.717, 1.165) is 11.8 Å². The summed E-state index contributed by atoms with van der Waals surface area (Å²) in [4.78, 5) is 14.0. The van der Waals surface area contributed by atoms with Gasteiger partial charge in [0.1, 0.15) is 0 Å². The first-order valence-electron chi connectivity index (χ1n) is 7.14. The maximum absolute atomic E-state index is 14.0. The highest BCUT2D eigenvalue weighted by Gasteiger charge is 2.22. The van der Waals surface area contributed by atoms with Crippen LogP contribution in [0.3, 0.4) is 0 Å². The van der Waals surface area contributed by atoms with Crippen LogP contribution in [0.1, 0.15) is 5.56 Å². The summed E-state index contributed by atoms with van der Waals surface area (Å²) < 4.78 is 15.5. The fourth-order valence-electron chi connectivity index (χ4n) is 2.37. The summed E-state index contributed by atoms with van der Waals surface area (Å²) in [5.74, 6) is 0.302. The number of aromatic nitrogens is 4. The Kier molecular flexibility index (Phi) is 3.73. The summed E-state index contributed by atoms with van der Waals surface area (Å²) in [6.45, 7) is 0. The van der Waals surface area contributed by atoms with E-state index in [1.165, 1.54) is 40.8 Å². The Hall–Kier alpha value is -3.14. The number of nitro benzene ring substituents is 1. The molecule has 0 atom stereocenters. The maximum atomic E-state index is 14.0. The smallest absolute Gasteiger partial charge is 0.262 e. The van der Waals surface area contributed by atoms with Crippen LogP contribution in [0.4, 0.5) is 10.1 Å². The Morgan fingerprint density at radius 3 is 2.72 bits per heavy atom. The maximum Gasteiger partial charge on any atom is 0.269 e. The van der Waals surface area contributed by atoms with Crippen LogP contribution >= 0.6 is 11.8 Å². The number of hydrogen-bond donors (Lipinski definition) is 0. The van der Waals surface area contributed by atoms with Crippen molar-refractivity contribution in [2.45, 2.75) is 5.16 Å². The van der Waals surface area contributed by atoms with Gasteiger partial charge in [-0.25, -0.2) is 4.39 Å². The first-order valence-corrected chi connectivity index (χ1v) is 8.13. The Morgan fingerprint density at radius 1 is 1.20 bits per heavy atom. The van der Waals surface area contributed by atoms with E-state index < -0.39 is 10.7 Å². The normalized spacial score (nSPS) is 13.2. The van der Waals surface area contributed by atoms with Gasteiger partial charge >= 0.3 is 0 Å². The summed E-state index contributed by atoms with van der Waals surface area (Å²) in [5.41, 5.74) is 1.71. The molecular weight excluding hydrogens is 347 g/mol. The van der Waals surface area contributed by atoms with Crippen molar-refractivity contribution in [1.82, 2.24) is 19.9 Å². The molecule has 10 heteroatoms. The number of hydrogen-bond acceptors (Lipinski definition) is 7. The van der Waals surface area contributed by atoms with Gasteiger partial charge in [-0.05, 0) is 23.8 Å². The molecule has 3 aromatic rings. The van der Waals surface area contributed by atoms with Crippen LogP contribution in [-0.4, -0.2) is 36.2 Å². The monoisotopic (exact) mass is 356 g/mol. The molecule has 0 fully saturated rings. The highest BCUT2D eigenvalue weighted by atomic mass is 32.2. The molecule has 1 aliphatic rings. The molecule has 25 heavy (non-hydrogen) atoms. The molecule has 0 saturated carbocycles. The van der Waals surface area contributed by atoms with Crippen molar-refractivity contribution in [2.75, 3.05) is 5.75 Å². The van der Waals surface area contributed by atoms with Gasteiger partial charge in [0.15, 0.2) is 11.6 Å². The predicted octanol–water partition coefficient (Wildman–Crippen LogP) is 2.75. The molecule has 0 radical (unpaired) electrons. The van der Waals surface area contributed by atoms with Crippen molar-refractivity contribution in [3.8, 4) is 11.4 Å². The van der Waals surface area contributed by atoms with E-state index in [0.29, 0.717) is 16.6 Å². The van der Waals surface area contributed by atoms with E-state index in [-0.39, 0.29) is 17.1 Å². The number of nitro groups is 1. The highest BCUT2D eigenvalue weighted by Crippen LogP contribution is 2.29. The second kappa shape index (κ2) is 6.06. The number of pyridine rings is 1. The standard InChI is InChI=1S/C15H9FN6O2S/c16-12-7-17-6-5-11(12)14-18-19-15-21(14)20-13(8-25-15)9-1-3-10(4-2-9)22(23)24/h1-7H,8H2. The highest BCUT2D eigenvalue weighted by molar-refractivity contribution is 7.99. The average Bonchev–Trinajstić information content (AvgIpc) is 3.05. The molecule has 3 heterocycles. The molecule has 0 saturated heterocycles. The molecule has 124 valence electrons. The van der Waals surface area contributed by atoms with Crippen molar-refractivity contribution in [3.63, 3.8) is 0 Å². The van der Waals surface area contributed by atoms with Crippen LogP contribution < -0.4 is 0 Å². The fourth-order valence-corrected chi connectivity index (χ4v) is 3.21. The Bertz CT molecular complexity index is 1000. The largest absolute Gasteiger partial charge is 0.269 e. The minimum Gasteiger partial charge on any atom is -0.262 e. The molecular formula is C15H9FN6O2S. The molecule has 0 unspecified atom stereocenters. The molecule has 2 aromatic heterocycles. The zero-order valence-electron chi connectivity index (χ0n) is 12.5. The second-order valence-electron chi connectivity index (χ2n) is 5.11. The van der Waals surface area contributed by atoms with E-state index in [1.807, 2.05) is 0 Å². The molecule has 8 nitrogen and oxygen atoms in total. The van der Waals surface area contributed by atoms with Gasteiger partial charge in [0.2, 0.25) is 5.16 Å². The van der Waals surface area contributed by atoms with Gasteiger partial charge in [0.25, 0.3) is 5.69 Å². The van der Waals surface area contributed by atoms with Gasteiger partial charge in [0.05, 0.1) is 22.4 Å². The number of non-ortho nitro benzene ring substituents is 1. The molecule has 0 bridgehead atoms. The first-order chi connectivity index (χ1) is 12.1. The van der Waals surface area contributed by atoms with Crippen LogP contribution in [0.2, 0.25) is 0 Å². The topological polar surface area (TPSA) is 99.1 Å². The van der Waals surface area contributed by atoms with Crippen molar-refractivity contribution < 1.29 is 9.31 Å². The number of rotatable bonds is 3. The van der Waals surface area contributed by atoms with E-state index in [2.05, 4.69) is 20.3 Å². The lowest BCUT2D eigenvalue weighted by Crippen LogP contribution is -2.14. The fraction of sp³-hybridized carbons (Fsp3) is 0.0667. The van der Waals surface area contributed by atoms with Crippen molar-refractivity contribution >= 4 is 23.2 Å². The van der Waals surface area contributed by atoms with Gasteiger partial charge in [-0.1, -0.05) is 11.8 Å². The quantitative estimate of drug-likeness (QED) is 0.528. The summed E-state index contributed by atoms with van der Waals surface area (Å²) in [5, 5.41) is 23.9. The van der Waals surface area contributed by atoms with Gasteiger partial charge in [-0.2, -0.15) is 9.78 Å². The molecule has 1 aliphatic heterocycles. The van der Waals surface area contributed by atoms with Crippen LogP contribution in [0.5, 0.6) is 0 Å². The lowest BCUT2D eigenvalue weighted by molar-refractivity contribution is -0.384. The van der Waals surface area contributed by atoms with Crippen LogP contribution in [-0.2, 0) is 0 Å². The Morgan fingerprint density at radius 2 is 2.00 bits per heavy atom. The Labute approximate surface area is 144 Å². The molecule has 1 aromatic carbocycles. The zero-order chi connectivity index (χ0) is 17.4. The van der Waals surface area contributed by atoms with Crippen molar-refractivity contribution in [3.05, 3.63) is 64.2 Å². The van der Waals surface area contributed by atoms with E-state index in [9.17, 15) is 14.5 Å². The molecule has 4 rings (SSSR count). The molecule has 0 N–H and O–H groups in total. The van der Waals surface area contributed by atoms with E-state index in [4.69, 9.17) is 0 Å². The summed E-state index contributed by atoms with van der Waals surface area (Å²) in [6, 6.07) is 7.63. The van der Waals surface area contributed by atoms with Gasteiger partial charge in [-0.3, -0.25) is 15.1 Å². The average molecular weight is 356 g/mol. The summed E-state index contributed by atoms with van der Waals surface area (Å²) in [6.07, 6.45) is 2.57. The molecule has 0 spiro atoms. The third-order valence-corrected chi connectivity index (χ3v) is 4.53. The minimum atomic E-state index is -0.514. The SMILES string of the molecule is O=[N+]([O-])c1ccc(C2=Nn3c(nnc3-c3ccncc3F)SC2)cc1. The van der Waals surface area contributed by atoms with Gasteiger partial charge in [0, 0.05) is 24.1 Å². The third-order valence-electron chi connectivity index (χ3n) is 3.60. The first kappa shape index (κ1) is 15.4. The number of benzene rings is 1. The summed E-state index contributed by atoms with van der Waals surface area (Å²) in [7, 11) is 0.